The van der Waals surface area contributed by atoms with E-state index in [1.54, 1.807) is 17.7 Å². The molecule has 1 unspecified atom stereocenters. The highest BCUT2D eigenvalue weighted by molar-refractivity contribution is 7.13. The zero-order chi connectivity index (χ0) is 18.1. The molecular weight excluding hydrogens is 356 g/mol. The summed E-state index contributed by atoms with van der Waals surface area (Å²) in [6.07, 6.45) is 5.84. The second-order valence-electron chi connectivity index (χ2n) is 6.74. The van der Waals surface area contributed by atoms with Crippen LogP contribution in [0.2, 0.25) is 0 Å². The van der Waals surface area contributed by atoms with Crippen molar-refractivity contribution in [2.75, 3.05) is 0 Å². The lowest BCUT2D eigenvalue weighted by Gasteiger charge is -2.23. The van der Waals surface area contributed by atoms with E-state index in [9.17, 15) is 0 Å². The van der Waals surface area contributed by atoms with Gasteiger partial charge in [-0.2, -0.15) is 10.2 Å². The van der Waals surface area contributed by atoms with Gasteiger partial charge < -0.3 is 5.32 Å². The number of hydrogen-bond acceptors (Lipinski definition) is 5. The fraction of sp³-hybridized carbons (Fsp3) is 0.250. The van der Waals surface area contributed by atoms with Crippen LogP contribution in [0.5, 0.6) is 0 Å². The minimum atomic E-state index is 0.399. The normalized spacial score (nSPS) is 16.4. The van der Waals surface area contributed by atoms with E-state index in [0.717, 1.165) is 43.1 Å². The highest BCUT2D eigenvalue weighted by atomic mass is 32.1. The number of hydrogen-bond donors (Lipinski definition) is 1. The first-order valence-electron chi connectivity index (χ1n) is 9.15. The van der Waals surface area contributed by atoms with E-state index in [1.807, 2.05) is 27.6 Å². The summed E-state index contributed by atoms with van der Waals surface area (Å²) in [5, 5.41) is 15.0. The summed E-state index contributed by atoms with van der Waals surface area (Å²) in [6.45, 7) is 1.66. The van der Waals surface area contributed by atoms with Crippen molar-refractivity contribution in [3.8, 4) is 16.3 Å². The molecule has 0 saturated carbocycles. The van der Waals surface area contributed by atoms with E-state index in [4.69, 9.17) is 5.10 Å². The van der Waals surface area contributed by atoms with E-state index in [-0.39, 0.29) is 0 Å². The van der Waals surface area contributed by atoms with Gasteiger partial charge in [0.25, 0.3) is 0 Å². The van der Waals surface area contributed by atoms with Crippen LogP contribution in [0.3, 0.4) is 0 Å². The van der Waals surface area contributed by atoms with Crippen LogP contribution in [-0.2, 0) is 19.5 Å². The Balaban J connectivity index is 1.39. The number of para-hydroxylation sites is 1. The molecule has 0 fully saturated rings. The second kappa shape index (κ2) is 7.09. The Labute approximate surface area is 161 Å². The van der Waals surface area contributed by atoms with E-state index < -0.39 is 0 Å². The maximum absolute atomic E-state index is 4.87. The maximum Gasteiger partial charge on any atom is 0.138 e. The fourth-order valence-electron chi connectivity index (χ4n) is 3.53. The molecule has 0 radical (unpaired) electrons. The Morgan fingerprint density at radius 2 is 2.07 bits per heavy atom. The van der Waals surface area contributed by atoms with Gasteiger partial charge in [-0.3, -0.25) is 0 Å². The monoisotopic (exact) mass is 376 g/mol. The summed E-state index contributed by atoms with van der Waals surface area (Å²) < 4.78 is 3.98. The van der Waals surface area contributed by atoms with Crippen molar-refractivity contribution in [2.45, 2.75) is 32.0 Å². The molecule has 1 aliphatic heterocycles. The van der Waals surface area contributed by atoms with Crippen LogP contribution in [0.25, 0.3) is 16.3 Å². The van der Waals surface area contributed by atoms with Crippen LogP contribution >= 0.6 is 11.3 Å². The molecule has 4 heterocycles. The predicted octanol–water partition coefficient (Wildman–Crippen LogP) is 3.30. The Morgan fingerprint density at radius 3 is 2.93 bits per heavy atom. The summed E-state index contributed by atoms with van der Waals surface area (Å²) in [5.41, 5.74) is 3.34. The van der Waals surface area contributed by atoms with Crippen LogP contribution in [0.15, 0.2) is 60.4 Å². The van der Waals surface area contributed by atoms with Gasteiger partial charge in [-0.05, 0) is 30.0 Å². The van der Waals surface area contributed by atoms with Crippen molar-refractivity contribution in [1.82, 2.24) is 29.9 Å². The maximum atomic E-state index is 4.87. The van der Waals surface area contributed by atoms with Gasteiger partial charge in [-0.25, -0.2) is 14.3 Å². The number of aromatic nitrogens is 5. The topological polar surface area (TPSA) is 60.6 Å². The Bertz CT molecular complexity index is 1020. The first kappa shape index (κ1) is 16.4. The Hall–Kier alpha value is -2.77. The fourth-order valence-corrected chi connectivity index (χ4v) is 4.28. The average molecular weight is 376 g/mol. The number of nitrogens with one attached hydrogen (secondary N) is 1. The van der Waals surface area contributed by atoms with Crippen molar-refractivity contribution in [3.05, 3.63) is 71.8 Å². The van der Waals surface area contributed by atoms with Crippen molar-refractivity contribution < 1.29 is 0 Å². The van der Waals surface area contributed by atoms with Crippen molar-refractivity contribution in [2.24, 2.45) is 0 Å². The molecule has 0 saturated heterocycles. The minimum absolute atomic E-state index is 0.399. The number of rotatable bonds is 5. The number of nitrogens with zero attached hydrogens (tertiary/aromatic N) is 5. The Kier molecular flexibility index (Phi) is 4.31. The molecule has 0 aliphatic carbocycles. The number of benzene rings is 1. The number of thiophene rings is 1. The van der Waals surface area contributed by atoms with Gasteiger partial charge in [0.05, 0.1) is 17.1 Å². The van der Waals surface area contributed by atoms with Crippen molar-refractivity contribution in [3.63, 3.8) is 0 Å². The van der Waals surface area contributed by atoms with Crippen LogP contribution < -0.4 is 5.32 Å². The van der Waals surface area contributed by atoms with Gasteiger partial charge in [-0.1, -0.05) is 24.3 Å². The molecule has 4 aromatic rings. The molecular formula is C20H20N6S. The van der Waals surface area contributed by atoms with E-state index in [2.05, 4.69) is 51.2 Å². The van der Waals surface area contributed by atoms with Gasteiger partial charge in [0.1, 0.15) is 17.8 Å². The van der Waals surface area contributed by atoms with Gasteiger partial charge >= 0.3 is 0 Å². The van der Waals surface area contributed by atoms with Crippen LogP contribution in [0.1, 0.15) is 17.8 Å². The third kappa shape index (κ3) is 3.31. The molecule has 1 aliphatic rings. The van der Waals surface area contributed by atoms with Gasteiger partial charge in [-0.15, -0.1) is 11.3 Å². The molecule has 3 aromatic heterocycles. The Morgan fingerprint density at radius 1 is 1.15 bits per heavy atom. The summed E-state index contributed by atoms with van der Waals surface area (Å²) in [4.78, 5) is 5.50. The predicted molar refractivity (Wildman–Crippen MR) is 106 cm³/mol. The highest BCUT2D eigenvalue weighted by Gasteiger charge is 2.20. The van der Waals surface area contributed by atoms with E-state index >= 15 is 0 Å². The van der Waals surface area contributed by atoms with Crippen molar-refractivity contribution in [1.29, 1.82) is 0 Å². The molecule has 27 heavy (non-hydrogen) atoms. The summed E-state index contributed by atoms with van der Waals surface area (Å²) in [7, 11) is 0. The number of fused-ring (bicyclic) bond motifs is 1. The highest BCUT2D eigenvalue weighted by Crippen LogP contribution is 2.28. The lowest BCUT2D eigenvalue weighted by atomic mass is 10.1. The molecule has 136 valence electrons. The van der Waals surface area contributed by atoms with E-state index in [1.165, 1.54) is 10.4 Å². The summed E-state index contributed by atoms with van der Waals surface area (Å²) >= 11 is 1.73. The molecule has 0 spiro atoms. The van der Waals surface area contributed by atoms with Gasteiger partial charge in [0.15, 0.2) is 0 Å². The quantitative estimate of drug-likeness (QED) is 0.581. The van der Waals surface area contributed by atoms with E-state index in [0.29, 0.717) is 6.04 Å². The first-order valence-corrected chi connectivity index (χ1v) is 10.0. The molecule has 5 rings (SSSR count). The third-order valence-electron chi connectivity index (χ3n) is 4.95. The summed E-state index contributed by atoms with van der Waals surface area (Å²) in [5.74, 6) is 1.09. The largest absolute Gasteiger partial charge is 0.308 e. The van der Waals surface area contributed by atoms with Crippen LogP contribution in [0.4, 0.5) is 0 Å². The summed E-state index contributed by atoms with van der Waals surface area (Å²) in [6, 6.07) is 14.9. The second-order valence-corrected chi connectivity index (χ2v) is 7.68. The van der Waals surface area contributed by atoms with Crippen molar-refractivity contribution >= 4 is 11.3 Å². The minimum Gasteiger partial charge on any atom is -0.308 e. The molecule has 6 nitrogen and oxygen atoms in total. The molecule has 1 aromatic carbocycles. The SMILES string of the molecule is c1ccc(-n2cc(CNC3CCc4ncnn4C3)c(-c3cccs3)n2)cc1. The molecule has 0 amide bonds. The lowest BCUT2D eigenvalue weighted by molar-refractivity contribution is 0.358. The van der Waals surface area contributed by atoms with Gasteiger partial charge in [0, 0.05) is 30.8 Å². The average Bonchev–Trinajstić information content (AvgIpc) is 3.46. The standard InChI is InChI=1S/C20H20N6S/c1-2-5-17(6-3-1)25-12-15(20(24-25)18-7-4-10-27-18)11-21-16-8-9-19-22-14-23-26(19)13-16/h1-7,10,12,14,16,21H,8-9,11,13H2. The smallest absolute Gasteiger partial charge is 0.138 e. The first-order chi connectivity index (χ1) is 13.4. The van der Waals surface area contributed by atoms with Crippen LogP contribution in [-0.4, -0.2) is 30.6 Å². The zero-order valence-electron chi connectivity index (χ0n) is 14.8. The number of aryl methyl sites for hydroxylation is 1. The third-order valence-corrected chi connectivity index (χ3v) is 5.83. The van der Waals surface area contributed by atoms with Crippen LogP contribution in [0, 0.1) is 0 Å². The lowest BCUT2D eigenvalue weighted by Crippen LogP contribution is -2.37. The van der Waals surface area contributed by atoms with Gasteiger partial charge in [0.2, 0.25) is 0 Å². The molecule has 1 atom stereocenters. The molecule has 7 heteroatoms. The zero-order valence-corrected chi connectivity index (χ0v) is 15.6. The molecule has 1 N–H and O–H groups in total. The molecule has 0 bridgehead atoms.